The predicted molar refractivity (Wildman–Crippen MR) is 62.5 cm³/mol. The fourth-order valence-corrected chi connectivity index (χ4v) is 2.51. The van der Waals surface area contributed by atoms with Crippen molar-refractivity contribution >= 4 is 21.8 Å². The summed E-state index contributed by atoms with van der Waals surface area (Å²) >= 11 is 3.43. The summed E-state index contributed by atoms with van der Waals surface area (Å²) in [6, 6.07) is 0. The maximum atomic E-state index is 11.9. The van der Waals surface area contributed by atoms with E-state index in [1.54, 1.807) is 0 Å². The quantitative estimate of drug-likeness (QED) is 0.700. The third kappa shape index (κ3) is 2.97. The molecule has 2 nitrogen and oxygen atoms in total. The Labute approximate surface area is 95.2 Å². The van der Waals surface area contributed by atoms with E-state index in [4.69, 9.17) is 0 Å². The number of halogens is 1. The Morgan fingerprint density at radius 2 is 1.93 bits per heavy atom. The van der Waals surface area contributed by atoms with E-state index in [2.05, 4.69) is 29.8 Å². The molecular formula is C11H20BrNO. The van der Waals surface area contributed by atoms with Crippen LogP contribution in [-0.4, -0.2) is 28.7 Å². The van der Waals surface area contributed by atoms with Crippen LogP contribution in [0.1, 0.15) is 33.6 Å². The molecule has 1 aliphatic heterocycles. The molecule has 1 rings (SSSR count). The Bertz CT molecular complexity index is 197. The van der Waals surface area contributed by atoms with Crippen molar-refractivity contribution in [3.63, 3.8) is 0 Å². The molecule has 3 heteroatoms. The van der Waals surface area contributed by atoms with E-state index in [0.717, 1.165) is 19.5 Å². The molecule has 0 spiro atoms. The highest BCUT2D eigenvalue weighted by Gasteiger charge is 2.27. The van der Waals surface area contributed by atoms with Crippen molar-refractivity contribution in [1.82, 2.24) is 4.90 Å². The van der Waals surface area contributed by atoms with Crippen LogP contribution < -0.4 is 0 Å². The van der Waals surface area contributed by atoms with Gasteiger partial charge in [-0.15, -0.1) is 0 Å². The molecule has 0 unspecified atom stereocenters. The van der Waals surface area contributed by atoms with Gasteiger partial charge in [0.2, 0.25) is 5.91 Å². The molecule has 1 aliphatic rings. The van der Waals surface area contributed by atoms with Crippen molar-refractivity contribution in [2.24, 2.45) is 11.8 Å². The van der Waals surface area contributed by atoms with E-state index in [9.17, 15) is 4.79 Å². The summed E-state index contributed by atoms with van der Waals surface area (Å²) in [7, 11) is 0. The van der Waals surface area contributed by atoms with Crippen LogP contribution in [0.4, 0.5) is 0 Å². The summed E-state index contributed by atoms with van der Waals surface area (Å²) in [4.78, 5) is 13.9. The molecule has 1 heterocycles. The monoisotopic (exact) mass is 261 g/mol. The van der Waals surface area contributed by atoms with Crippen LogP contribution in [0.15, 0.2) is 0 Å². The van der Waals surface area contributed by atoms with Gasteiger partial charge in [-0.1, -0.05) is 36.7 Å². The molecule has 14 heavy (non-hydrogen) atoms. The van der Waals surface area contributed by atoms with Crippen LogP contribution in [-0.2, 0) is 4.79 Å². The summed E-state index contributed by atoms with van der Waals surface area (Å²) in [5, 5.41) is 0. The van der Waals surface area contributed by atoms with Gasteiger partial charge < -0.3 is 4.90 Å². The second kappa shape index (κ2) is 5.15. The second-order valence-electron chi connectivity index (χ2n) is 4.57. The minimum atomic E-state index is 0.0139. The van der Waals surface area contributed by atoms with Crippen LogP contribution in [0.5, 0.6) is 0 Å². The molecule has 0 radical (unpaired) electrons. The fourth-order valence-electron chi connectivity index (χ4n) is 2.22. The molecule has 82 valence electrons. The maximum Gasteiger partial charge on any atom is 0.236 e. The highest BCUT2D eigenvalue weighted by atomic mass is 79.9. The van der Waals surface area contributed by atoms with Gasteiger partial charge in [0.25, 0.3) is 0 Å². The number of alkyl halides is 1. The third-order valence-electron chi connectivity index (χ3n) is 2.81. The first-order valence-electron chi connectivity index (χ1n) is 5.47. The zero-order chi connectivity index (χ0) is 10.7. The largest absolute Gasteiger partial charge is 0.341 e. The Balaban J connectivity index is 2.54. The molecule has 0 aromatic carbocycles. The average Bonchev–Trinajstić information content (AvgIpc) is 2.14. The van der Waals surface area contributed by atoms with Crippen molar-refractivity contribution < 1.29 is 4.79 Å². The minimum Gasteiger partial charge on any atom is -0.341 e. The van der Waals surface area contributed by atoms with Gasteiger partial charge in [-0.25, -0.2) is 0 Å². The van der Waals surface area contributed by atoms with Crippen molar-refractivity contribution in [3.05, 3.63) is 0 Å². The lowest BCUT2D eigenvalue weighted by Gasteiger charge is -2.36. The molecule has 0 aromatic rings. The number of nitrogens with zero attached hydrogens (tertiary/aromatic N) is 1. The van der Waals surface area contributed by atoms with Crippen LogP contribution >= 0.6 is 15.9 Å². The lowest BCUT2D eigenvalue weighted by atomic mass is 9.91. The number of amides is 1. The number of likely N-dealkylation sites (tertiary alicyclic amines) is 1. The summed E-state index contributed by atoms with van der Waals surface area (Å²) in [6.45, 7) is 8.36. The first-order valence-corrected chi connectivity index (χ1v) is 6.39. The van der Waals surface area contributed by atoms with Crippen molar-refractivity contribution in [2.75, 3.05) is 13.1 Å². The van der Waals surface area contributed by atoms with Crippen molar-refractivity contribution in [3.8, 4) is 0 Å². The van der Waals surface area contributed by atoms with Gasteiger partial charge in [0.05, 0.1) is 4.83 Å². The van der Waals surface area contributed by atoms with Gasteiger partial charge in [-0.3, -0.25) is 4.79 Å². The van der Waals surface area contributed by atoms with E-state index in [1.165, 1.54) is 6.42 Å². The molecule has 1 saturated heterocycles. The number of piperidine rings is 1. The number of hydrogen-bond donors (Lipinski definition) is 0. The number of carbonyl (C=O) groups is 1. The normalized spacial score (nSPS) is 30.1. The Kier molecular flexibility index (Phi) is 4.42. The third-order valence-corrected chi connectivity index (χ3v) is 3.85. The standard InChI is InChI=1S/C11H20BrNO/c1-4-10(12)11(14)13-6-8(2)5-9(3)7-13/h8-10H,4-7H2,1-3H3/t8-,9+,10-/m0/s1. The van der Waals surface area contributed by atoms with Crippen LogP contribution in [0.3, 0.4) is 0 Å². The van der Waals surface area contributed by atoms with Gasteiger partial charge in [0.1, 0.15) is 0 Å². The molecule has 1 amide bonds. The molecule has 0 saturated carbocycles. The average molecular weight is 262 g/mol. The predicted octanol–water partition coefficient (Wildman–Crippen LogP) is 2.66. The van der Waals surface area contributed by atoms with Gasteiger partial charge in [-0.05, 0) is 24.7 Å². The Morgan fingerprint density at radius 1 is 1.43 bits per heavy atom. The van der Waals surface area contributed by atoms with E-state index >= 15 is 0 Å². The minimum absolute atomic E-state index is 0.0139. The number of rotatable bonds is 2. The summed E-state index contributed by atoms with van der Waals surface area (Å²) in [5.74, 6) is 1.57. The summed E-state index contributed by atoms with van der Waals surface area (Å²) < 4.78 is 0. The van der Waals surface area contributed by atoms with Gasteiger partial charge in [-0.2, -0.15) is 0 Å². The molecule has 0 aromatic heterocycles. The van der Waals surface area contributed by atoms with Crippen molar-refractivity contribution in [2.45, 2.75) is 38.4 Å². The first kappa shape index (κ1) is 12.0. The maximum absolute atomic E-state index is 11.9. The second-order valence-corrected chi connectivity index (χ2v) is 5.67. The van der Waals surface area contributed by atoms with Crippen molar-refractivity contribution in [1.29, 1.82) is 0 Å². The van der Waals surface area contributed by atoms with E-state index in [0.29, 0.717) is 11.8 Å². The molecule has 0 N–H and O–H groups in total. The zero-order valence-corrected chi connectivity index (χ0v) is 10.9. The van der Waals surface area contributed by atoms with Crippen LogP contribution in [0, 0.1) is 11.8 Å². The molecule has 1 fully saturated rings. The van der Waals surface area contributed by atoms with Gasteiger partial charge >= 0.3 is 0 Å². The number of carbonyl (C=O) groups excluding carboxylic acids is 1. The first-order chi connectivity index (χ1) is 6.54. The fraction of sp³-hybridized carbons (Fsp3) is 0.909. The number of hydrogen-bond acceptors (Lipinski definition) is 1. The van der Waals surface area contributed by atoms with Crippen LogP contribution in [0.2, 0.25) is 0 Å². The van der Waals surface area contributed by atoms with E-state index in [-0.39, 0.29) is 10.7 Å². The molecule has 0 aliphatic carbocycles. The lowest BCUT2D eigenvalue weighted by Crippen LogP contribution is -2.45. The van der Waals surface area contributed by atoms with E-state index in [1.807, 2.05) is 11.8 Å². The smallest absolute Gasteiger partial charge is 0.236 e. The molecule has 3 atom stereocenters. The van der Waals surface area contributed by atoms with Gasteiger partial charge in [0.15, 0.2) is 0 Å². The molecular weight excluding hydrogens is 242 g/mol. The lowest BCUT2D eigenvalue weighted by molar-refractivity contribution is -0.133. The topological polar surface area (TPSA) is 20.3 Å². The van der Waals surface area contributed by atoms with E-state index < -0.39 is 0 Å². The highest BCUT2D eigenvalue weighted by molar-refractivity contribution is 9.10. The zero-order valence-electron chi connectivity index (χ0n) is 9.29. The summed E-state index contributed by atoms with van der Waals surface area (Å²) in [6.07, 6.45) is 2.13. The van der Waals surface area contributed by atoms with Crippen LogP contribution in [0.25, 0.3) is 0 Å². The SMILES string of the molecule is CC[C@H](Br)C(=O)N1C[C@H](C)C[C@H](C)C1. The highest BCUT2D eigenvalue weighted by Crippen LogP contribution is 2.22. The van der Waals surface area contributed by atoms with Gasteiger partial charge in [0, 0.05) is 13.1 Å². The summed E-state index contributed by atoms with van der Waals surface area (Å²) in [5.41, 5.74) is 0. The molecule has 0 bridgehead atoms. The Morgan fingerprint density at radius 3 is 2.36 bits per heavy atom. The Hall–Kier alpha value is -0.0500.